The summed E-state index contributed by atoms with van der Waals surface area (Å²) in [6, 6.07) is 29.1. The van der Waals surface area contributed by atoms with Gasteiger partial charge in [-0.2, -0.15) is 0 Å². The molecule has 10 rings (SSSR count). The lowest BCUT2D eigenvalue weighted by Crippen LogP contribution is -2.48. The van der Waals surface area contributed by atoms with Gasteiger partial charge >= 0.3 is 24.1 Å². The highest BCUT2D eigenvalue weighted by Gasteiger charge is 2.44. The fourth-order valence-electron chi connectivity index (χ4n) is 11.6. The molecule has 21 heteroatoms. The maximum atomic E-state index is 13.6. The molecule has 5 heterocycles. The third kappa shape index (κ3) is 12.6. The number of aliphatic hydroxyl groups excluding tert-OH is 2. The van der Waals surface area contributed by atoms with Crippen LogP contribution >= 0.6 is 0 Å². The normalized spacial score (nSPS) is 24.3. The van der Waals surface area contributed by atoms with E-state index in [9.17, 15) is 34.2 Å². The van der Waals surface area contributed by atoms with Gasteiger partial charge in [0.2, 0.25) is 5.91 Å². The Kier molecular flexibility index (Phi) is 16.3. The van der Waals surface area contributed by atoms with Gasteiger partial charge in [0.05, 0.1) is 29.6 Å². The summed E-state index contributed by atoms with van der Waals surface area (Å²) in [6.07, 6.45) is 2.83. The lowest BCUT2D eigenvalue weighted by molar-refractivity contribution is -0.122. The number of carbonyl (C=O) groups excluding carboxylic acids is 5. The number of likely N-dealkylation sites (N-methyl/N-ethyl adjacent to an activating group) is 1. The molecule has 8 atom stereocenters. The van der Waals surface area contributed by atoms with Crippen molar-refractivity contribution in [3.8, 4) is 0 Å². The second-order valence-electron chi connectivity index (χ2n) is 21.3. The molecule has 0 bridgehead atoms. The fourth-order valence-corrected chi connectivity index (χ4v) is 11.6. The molecule has 4 aliphatic heterocycles. The molecule has 0 radical (unpaired) electrons. The number of hydrogen-bond acceptors (Lipinski definition) is 11. The molecule has 1 aliphatic carbocycles. The van der Waals surface area contributed by atoms with E-state index in [1.807, 2.05) is 54.1 Å². The third-order valence-corrected chi connectivity index (χ3v) is 15.8. The molecule has 10 N–H and O–H groups in total. The van der Waals surface area contributed by atoms with Crippen LogP contribution in [0.25, 0.3) is 11.0 Å². The summed E-state index contributed by atoms with van der Waals surface area (Å²) < 4.78 is 1.91. The molecule has 408 valence electrons. The van der Waals surface area contributed by atoms with Crippen LogP contribution < -0.4 is 47.4 Å². The summed E-state index contributed by atoms with van der Waals surface area (Å²) in [5, 5.41) is 47.2. The van der Waals surface area contributed by atoms with Crippen LogP contribution in [0.2, 0.25) is 0 Å². The number of aliphatic hydroxyl groups is 2. The standard InChI is InChI=1S/C56H72N14O7/c1-3-49(71)65-46-28-48(52(73)51(46)72)70-34-58-50-45(57-29-44(35-11-6-4-7-12-35)36-13-8-5-9-14-36)26-43(27-47(50)70)67-22-18-40(31-67)60-54(75)62-42-20-24-69(33-42)56(77)64-38-16-10-15-37(25-38)63-55(76)68-23-19-41(32-68)61-53(74)59-39-17-21-66(2)30-39/h4-16,25-27,34,39-42,44,46,48,51-52,57,72-73H,3,17-24,28-33H2,1-2H3,(H,63,76)(H,64,77)(H,65,71)(H2,59,61,74)(H2,60,62,75)/t39?,40-,41?,42?,46?,48?,51-,52+/m1/s1. The Labute approximate surface area is 448 Å². The Bertz CT molecular complexity index is 2850. The molecule has 5 aromatic rings. The second kappa shape index (κ2) is 23.7. The molecule has 9 amide bonds. The van der Waals surface area contributed by atoms with Crippen LogP contribution in [0.4, 0.5) is 41.9 Å². The first-order valence-electron chi connectivity index (χ1n) is 27.1. The number of hydrogen-bond donors (Lipinski definition) is 10. The van der Waals surface area contributed by atoms with Crippen molar-refractivity contribution < 1.29 is 34.2 Å². The van der Waals surface area contributed by atoms with Gasteiger partial charge in [0.1, 0.15) is 17.7 Å². The van der Waals surface area contributed by atoms with Crippen molar-refractivity contribution in [1.29, 1.82) is 0 Å². The van der Waals surface area contributed by atoms with E-state index in [-0.39, 0.29) is 66.5 Å². The Balaban J connectivity index is 0.738. The average molecular weight is 1050 g/mol. The first kappa shape index (κ1) is 52.8. The van der Waals surface area contributed by atoms with E-state index in [2.05, 4.69) is 82.7 Å². The molecule has 21 nitrogen and oxygen atoms in total. The highest BCUT2D eigenvalue weighted by Crippen LogP contribution is 2.38. The molecule has 5 fully saturated rings. The van der Waals surface area contributed by atoms with Crippen molar-refractivity contribution in [1.82, 2.24) is 50.8 Å². The Hall–Kier alpha value is -7.62. The topological polar surface area (TPSA) is 253 Å². The summed E-state index contributed by atoms with van der Waals surface area (Å²) >= 11 is 0. The van der Waals surface area contributed by atoms with E-state index in [0.29, 0.717) is 88.4 Å². The Morgan fingerprint density at radius 3 is 1.77 bits per heavy atom. The van der Waals surface area contributed by atoms with Crippen LogP contribution in [0.15, 0.2) is 103 Å². The van der Waals surface area contributed by atoms with Gasteiger partial charge in [0, 0.05) is 106 Å². The van der Waals surface area contributed by atoms with Gasteiger partial charge in [-0.1, -0.05) is 73.7 Å². The van der Waals surface area contributed by atoms with Crippen LogP contribution in [0, 0.1) is 0 Å². The number of fused-ring (bicyclic) bond motifs is 1. The SMILES string of the molecule is CCC(=O)NC1CC(n2cnc3c(NCC(c4ccccc4)c4ccccc4)cc(N4CC[C@@H](NC(=O)NC5CCN(C(=O)Nc6cccc(NC(=O)N7CCC(NC(=O)NC8CCN(C)C8)C7)c6)C5)C4)cc32)[C@H](O)[C@@H]1O. The lowest BCUT2D eigenvalue weighted by atomic mass is 9.91. The minimum absolute atomic E-state index is 0.0247. The maximum Gasteiger partial charge on any atom is 0.321 e. The van der Waals surface area contributed by atoms with Gasteiger partial charge < -0.3 is 76.9 Å². The zero-order valence-corrected chi connectivity index (χ0v) is 43.7. The Morgan fingerprint density at radius 1 is 0.636 bits per heavy atom. The summed E-state index contributed by atoms with van der Waals surface area (Å²) in [7, 11) is 2.03. The number of nitrogens with zero attached hydrogens (tertiary/aromatic N) is 6. The molecule has 5 aliphatic rings. The highest BCUT2D eigenvalue weighted by atomic mass is 16.3. The van der Waals surface area contributed by atoms with Crippen LogP contribution in [0.3, 0.4) is 0 Å². The largest absolute Gasteiger partial charge is 0.388 e. The molecular weight excluding hydrogens is 981 g/mol. The molecular formula is C56H72N14O7. The summed E-state index contributed by atoms with van der Waals surface area (Å²) in [4.78, 5) is 77.8. The van der Waals surface area contributed by atoms with Gasteiger partial charge in [-0.05, 0) is 87.2 Å². The predicted molar refractivity (Wildman–Crippen MR) is 295 cm³/mol. The fraction of sp³-hybridized carbons (Fsp3) is 0.464. The van der Waals surface area contributed by atoms with Gasteiger partial charge in [-0.15, -0.1) is 0 Å². The summed E-state index contributed by atoms with van der Waals surface area (Å²) in [6.45, 7) is 6.94. The number of imidazole rings is 1. The van der Waals surface area contributed by atoms with Gasteiger partial charge in [0.25, 0.3) is 0 Å². The van der Waals surface area contributed by atoms with E-state index in [4.69, 9.17) is 4.98 Å². The van der Waals surface area contributed by atoms with E-state index >= 15 is 0 Å². The van der Waals surface area contributed by atoms with Crippen LogP contribution in [0.1, 0.15) is 68.5 Å². The van der Waals surface area contributed by atoms with Crippen LogP contribution in [0.5, 0.6) is 0 Å². The summed E-state index contributed by atoms with van der Waals surface area (Å²) in [5.74, 6) is -0.171. The van der Waals surface area contributed by atoms with E-state index < -0.39 is 24.3 Å². The minimum atomic E-state index is -1.15. The predicted octanol–water partition coefficient (Wildman–Crippen LogP) is 4.64. The van der Waals surface area contributed by atoms with Gasteiger partial charge in [-0.25, -0.2) is 24.2 Å². The number of nitrogens with one attached hydrogen (secondary N) is 8. The number of rotatable bonds is 15. The first-order valence-corrected chi connectivity index (χ1v) is 27.1. The number of aromatic nitrogens is 2. The maximum absolute atomic E-state index is 13.6. The van der Waals surface area contributed by atoms with Crippen LogP contribution in [-0.2, 0) is 4.79 Å². The number of anilines is 4. The van der Waals surface area contributed by atoms with Crippen molar-refractivity contribution in [3.05, 3.63) is 115 Å². The van der Waals surface area contributed by atoms with Crippen molar-refractivity contribution in [2.45, 2.75) is 99.8 Å². The number of benzene rings is 4. The van der Waals surface area contributed by atoms with E-state index in [1.165, 1.54) is 0 Å². The van der Waals surface area contributed by atoms with Crippen molar-refractivity contribution in [2.24, 2.45) is 0 Å². The smallest absolute Gasteiger partial charge is 0.321 e. The number of likely N-dealkylation sites (tertiary alicyclic amines) is 3. The monoisotopic (exact) mass is 1050 g/mol. The van der Waals surface area contributed by atoms with Gasteiger partial charge in [-0.3, -0.25) is 4.79 Å². The third-order valence-electron chi connectivity index (χ3n) is 15.8. The lowest BCUT2D eigenvalue weighted by Gasteiger charge is -2.24. The van der Waals surface area contributed by atoms with Gasteiger partial charge in [0.15, 0.2) is 0 Å². The first-order chi connectivity index (χ1) is 37.3. The zero-order valence-electron chi connectivity index (χ0n) is 43.7. The van der Waals surface area contributed by atoms with Crippen molar-refractivity contribution >= 4 is 63.8 Å². The quantitative estimate of drug-likeness (QED) is 0.0692. The highest BCUT2D eigenvalue weighted by molar-refractivity contribution is 5.94. The van der Waals surface area contributed by atoms with Crippen molar-refractivity contribution in [3.63, 3.8) is 0 Å². The molecule has 4 aromatic carbocycles. The van der Waals surface area contributed by atoms with E-state index in [1.54, 1.807) is 47.3 Å². The molecule has 5 unspecified atom stereocenters. The van der Waals surface area contributed by atoms with E-state index in [0.717, 1.165) is 47.5 Å². The molecule has 77 heavy (non-hydrogen) atoms. The Morgan fingerprint density at radius 2 is 1.19 bits per heavy atom. The number of amides is 9. The summed E-state index contributed by atoms with van der Waals surface area (Å²) in [5.41, 5.74) is 6.53. The molecule has 4 saturated heterocycles. The second-order valence-corrected chi connectivity index (χ2v) is 21.3. The zero-order chi connectivity index (χ0) is 53.6. The van der Waals surface area contributed by atoms with Crippen molar-refractivity contribution in [2.75, 3.05) is 86.8 Å². The minimum Gasteiger partial charge on any atom is -0.388 e. The molecule has 1 saturated carbocycles. The van der Waals surface area contributed by atoms with Crippen LogP contribution in [-0.4, -0.2) is 173 Å². The average Bonchev–Trinajstić information content (AvgIpc) is 4.32. The molecule has 0 spiro atoms. The molecule has 1 aromatic heterocycles. The number of carbonyl (C=O) groups is 5. The number of urea groups is 4.